The van der Waals surface area contributed by atoms with Crippen molar-refractivity contribution in [2.75, 3.05) is 6.61 Å². The highest BCUT2D eigenvalue weighted by Crippen LogP contribution is 2.30. The molecule has 2 unspecified atom stereocenters. The Morgan fingerprint density at radius 3 is 2.05 bits per heavy atom. The van der Waals surface area contributed by atoms with E-state index in [4.69, 9.17) is 14.6 Å². The maximum Gasteiger partial charge on any atom is 0.333 e. The number of carboxylic acid groups (broad SMARTS) is 1. The molecule has 1 aliphatic rings. The van der Waals surface area contributed by atoms with Gasteiger partial charge in [-0.3, -0.25) is 4.79 Å². The van der Waals surface area contributed by atoms with Gasteiger partial charge in [-0.25, -0.2) is 4.79 Å². The van der Waals surface area contributed by atoms with E-state index in [9.17, 15) is 4.79 Å². The SMILES string of the molecule is C=C(C)C(=O)OCC1CCC(C)C1.CC.CC(=O)O. The van der Waals surface area contributed by atoms with Crippen LogP contribution < -0.4 is 0 Å². The molecule has 0 heterocycles. The summed E-state index contributed by atoms with van der Waals surface area (Å²) in [5, 5.41) is 7.42. The standard InChI is InChI=1S/C11H18O2.C2H4O2.C2H6/c1-8(2)11(12)13-7-10-5-4-9(3)6-10;1-2(3)4;1-2/h9-10H,1,4-7H2,2-3H3;1H3,(H,3,4);1-2H3. The molecular weight excluding hydrogens is 244 g/mol. The molecule has 2 atom stereocenters. The van der Waals surface area contributed by atoms with E-state index in [0.29, 0.717) is 18.1 Å². The predicted octanol–water partition coefficient (Wildman–Crippen LogP) is 3.66. The average Bonchev–Trinajstić information content (AvgIpc) is 2.74. The molecule has 1 rings (SSSR count). The van der Waals surface area contributed by atoms with Gasteiger partial charge in [0, 0.05) is 12.5 Å². The summed E-state index contributed by atoms with van der Waals surface area (Å²) in [6.45, 7) is 13.1. The van der Waals surface area contributed by atoms with Crippen LogP contribution in [0.5, 0.6) is 0 Å². The van der Waals surface area contributed by atoms with Crippen LogP contribution in [0.3, 0.4) is 0 Å². The smallest absolute Gasteiger partial charge is 0.333 e. The molecule has 0 aromatic carbocycles. The van der Waals surface area contributed by atoms with E-state index in [2.05, 4.69) is 13.5 Å². The van der Waals surface area contributed by atoms with Crippen LogP contribution in [0, 0.1) is 11.8 Å². The van der Waals surface area contributed by atoms with Crippen molar-refractivity contribution in [3.05, 3.63) is 12.2 Å². The van der Waals surface area contributed by atoms with Gasteiger partial charge in [-0.15, -0.1) is 0 Å². The molecule has 1 aliphatic carbocycles. The van der Waals surface area contributed by atoms with E-state index in [1.807, 2.05) is 13.8 Å². The van der Waals surface area contributed by atoms with Gasteiger partial charge in [-0.1, -0.05) is 33.8 Å². The molecular formula is C15H28O4. The van der Waals surface area contributed by atoms with Crippen LogP contribution in [0.25, 0.3) is 0 Å². The molecule has 0 aliphatic heterocycles. The Bertz CT molecular complexity index is 280. The topological polar surface area (TPSA) is 63.6 Å². The molecule has 0 radical (unpaired) electrons. The highest BCUT2D eigenvalue weighted by atomic mass is 16.5. The zero-order valence-electron chi connectivity index (χ0n) is 12.9. The second-order valence-corrected chi connectivity index (χ2v) is 4.68. The van der Waals surface area contributed by atoms with E-state index < -0.39 is 5.97 Å². The van der Waals surface area contributed by atoms with Crippen LogP contribution in [0.1, 0.15) is 53.9 Å². The van der Waals surface area contributed by atoms with E-state index in [1.165, 1.54) is 19.3 Å². The Morgan fingerprint density at radius 1 is 1.26 bits per heavy atom. The number of rotatable bonds is 3. The summed E-state index contributed by atoms with van der Waals surface area (Å²) in [6, 6.07) is 0. The maximum absolute atomic E-state index is 11.1. The second-order valence-electron chi connectivity index (χ2n) is 4.68. The van der Waals surface area contributed by atoms with Gasteiger partial charge in [0.05, 0.1) is 6.61 Å². The molecule has 4 nitrogen and oxygen atoms in total. The summed E-state index contributed by atoms with van der Waals surface area (Å²) >= 11 is 0. The van der Waals surface area contributed by atoms with Crippen molar-refractivity contribution in [1.82, 2.24) is 0 Å². The third kappa shape index (κ3) is 12.9. The lowest BCUT2D eigenvalue weighted by Gasteiger charge is -2.09. The van der Waals surface area contributed by atoms with Gasteiger partial charge in [0.1, 0.15) is 0 Å². The number of ether oxygens (including phenoxy) is 1. The fourth-order valence-corrected chi connectivity index (χ4v) is 1.79. The molecule has 112 valence electrons. The molecule has 1 N–H and O–H groups in total. The van der Waals surface area contributed by atoms with Crippen LogP contribution in [0.15, 0.2) is 12.2 Å². The van der Waals surface area contributed by atoms with Gasteiger partial charge >= 0.3 is 5.97 Å². The van der Waals surface area contributed by atoms with Crippen molar-refractivity contribution in [2.45, 2.75) is 53.9 Å². The minimum absolute atomic E-state index is 0.250. The lowest BCUT2D eigenvalue weighted by atomic mass is 10.1. The zero-order valence-corrected chi connectivity index (χ0v) is 12.9. The molecule has 0 aromatic heterocycles. The monoisotopic (exact) mass is 272 g/mol. The Morgan fingerprint density at radius 2 is 1.74 bits per heavy atom. The van der Waals surface area contributed by atoms with Crippen LogP contribution >= 0.6 is 0 Å². The van der Waals surface area contributed by atoms with Crippen molar-refractivity contribution in [3.8, 4) is 0 Å². The number of aliphatic carboxylic acids is 1. The first-order valence-corrected chi connectivity index (χ1v) is 6.85. The number of hydrogen-bond donors (Lipinski definition) is 1. The first kappa shape index (κ1) is 20.0. The van der Waals surface area contributed by atoms with Crippen LogP contribution in [0.2, 0.25) is 0 Å². The Balaban J connectivity index is 0. The van der Waals surface area contributed by atoms with Gasteiger partial charge in [-0.05, 0) is 31.6 Å². The lowest BCUT2D eigenvalue weighted by Crippen LogP contribution is -2.12. The largest absolute Gasteiger partial charge is 0.481 e. The third-order valence-electron chi connectivity index (χ3n) is 2.60. The Labute approximate surface area is 116 Å². The highest BCUT2D eigenvalue weighted by molar-refractivity contribution is 5.86. The van der Waals surface area contributed by atoms with Crippen molar-refractivity contribution in [2.24, 2.45) is 11.8 Å². The van der Waals surface area contributed by atoms with Crippen LogP contribution in [-0.4, -0.2) is 23.7 Å². The quantitative estimate of drug-likeness (QED) is 0.629. The molecule has 1 fully saturated rings. The lowest BCUT2D eigenvalue weighted by molar-refractivity contribution is -0.140. The second kappa shape index (κ2) is 11.8. The number of carbonyl (C=O) groups is 2. The molecule has 0 saturated heterocycles. The van der Waals surface area contributed by atoms with E-state index in [0.717, 1.165) is 12.8 Å². The van der Waals surface area contributed by atoms with Crippen molar-refractivity contribution in [3.63, 3.8) is 0 Å². The Kier molecular flexibility index (Phi) is 12.4. The first-order chi connectivity index (χ1) is 8.82. The fourth-order valence-electron chi connectivity index (χ4n) is 1.79. The molecule has 0 aromatic rings. The predicted molar refractivity (Wildman–Crippen MR) is 76.9 cm³/mol. The normalized spacial score (nSPS) is 20.3. The number of hydrogen-bond acceptors (Lipinski definition) is 3. The van der Waals surface area contributed by atoms with Gasteiger partial charge in [-0.2, -0.15) is 0 Å². The molecule has 0 spiro atoms. The van der Waals surface area contributed by atoms with Gasteiger partial charge in [0.15, 0.2) is 0 Å². The first-order valence-electron chi connectivity index (χ1n) is 6.85. The molecule has 1 saturated carbocycles. The maximum atomic E-state index is 11.1. The minimum atomic E-state index is -0.833. The van der Waals surface area contributed by atoms with Crippen molar-refractivity contribution < 1.29 is 19.4 Å². The number of carbonyl (C=O) groups excluding carboxylic acids is 1. The number of carboxylic acids is 1. The molecule has 0 amide bonds. The Hall–Kier alpha value is -1.32. The van der Waals surface area contributed by atoms with Crippen molar-refractivity contribution >= 4 is 11.9 Å². The summed E-state index contributed by atoms with van der Waals surface area (Å²) in [4.78, 5) is 20.1. The summed E-state index contributed by atoms with van der Waals surface area (Å²) in [6.07, 6.45) is 3.67. The highest BCUT2D eigenvalue weighted by Gasteiger charge is 2.22. The summed E-state index contributed by atoms with van der Waals surface area (Å²) in [5.41, 5.74) is 0.492. The average molecular weight is 272 g/mol. The zero-order chi connectivity index (χ0) is 15.4. The van der Waals surface area contributed by atoms with Gasteiger partial charge in [0.25, 0.3) is 5.97 Å². The minimum Gasteiger partial charge on any atom is -0.481 e. The van der Waals surface area contributed by atoms with Crippen LogP contribution in [0.4, 0.5) is 0 Å². The van der Waals surface area contributed by atoms with E-state index in [1.54, 1.807) is 6.92 Å². The van der Waals surface area contributed by atoms with E-state index >= 15 is 0 Å². The van der Waals surface area contributed by atoms with Gasteiger partial charge < -0.3 is 9.84 Å². The fraction of sp³-hybridized carbons (Fsp3) is 0.733. The van der Waals surface area contributed by atoms with Crippen LogP contribution in [-0.2, 0) is 14.3 Å². The molecule has 4 heteroatoms. The summed E-state index contributed by atoms with van der Waals surface area (Å²) < 4.78 is 5.10. The van der Waals surface area contributed by atoms with Crippen molar-refractivity contribution in [1.29, 1.82) is 0 Å². The van der Waals surface area contributed by atoms with Gasteiger partial charge in [0.2, 0.25) is 0 Å². The number of esters is 1. The summed E-state index contributed by atoms with van der Waals surface area (Å²) in [7, 11) is 0. The third-order valence-corrected chi connectivity index (χ3v) is 2.60. The van der Waals surface area contributed by atoms with E-state index in [-0.39, 0.29) is 5.97 Å². The molecule has 0 bridgehead atoms. The molecule has 19 heavy (non-hydrogen) atoms. The summed E-state index contributed by atoms with van der Waals surface area (Å²) in [5.74, 6) is 0.298.